The van der Waals surface area contributed by atoms with Gasteiger partial charge >= 0.3 is 0 Å². The monoisotopic (exact) mass is 367 g/mol. The van der Waals surface area contributed by atoms with Crippen molar-refractivity contribution in [2.45, 2.75) is 50.2 Å². The second-order valence-corrected chi connectivity index (χ2v) is 9.78. The van der Waals surface area contributed by atoms with Crippen molar-refractivity contribution in [1.29, 1.82) is 0 Å². The van der Waals surface area contributed by atoms with Gasteiger partial charge in [0.2, 0.25) is 0 Å². The molecule has 0 N–H and O–H groups in total. The summed E-state index contributed by atoms with van der Waals surface area (Å²) in [5.41, 5.74) is 4.97. The maximum atomic E-state index is 5.05. The molecule has 2 aromatic carbocycles. The number of nitrogens with zero attached hydrogens (tertiary/aromatic N) is 1. The van der Waals surface area contributed by atoms with Gasteiger partial charge in [-0.2, -0.15) is 0 Å². The van der Waals surface area contributed by atoms with Gasteiger partial charge < -0.3 is 0 Å². The van der Waals surface area contributed by atoms with Gasteiger partial charge in [0.15, 0.2) is 0 Å². The highest BCUT2D eigenvalue weighted by Crippen LogP contribution is 2.42. The molecule has 1 aliphatic heterocycles. The van der Waals surface area contributed by atoms with Gasteiger partial charge in [0.05, 0.1) is 5.69 Å². The molecule has 1 saturated heterocycles. The van der Waals surface area contributed by atoms with E-state index in [4.69, 9.17) is 4.99 Å². The smallest absolute Gasteiger partial charge is 0.101 e. The van der Waals surface area contributed by atoms with Gasteiger partial charge in [-0.1, -0.05) is 73.3 Å². The first kappa shape index (κ1) is 18.3. The highest BCUT2D eigenvalue weighted by molar-refractivity contribution is 8.15. The van der Waals surface area contributed by atoms with E-state index < -0.39 is 0 Å². The Morgan fingerprint density at radius 2 is 1.84 bits per heavy atom. The molecule has 0 aromatic heterocycles. The van der Waals surface area contributed by atoms with Gasteiger partial charge in [-0.3, -0.25) is 0 Å². The van der Waals surface area contributed by atoms with Crippen molar-refractivity contribution in [3.8, 4) is 0 Å². The summed E-state index contributed by atoms with van der Waals surface area (Å²) in [5.74, 6) is 0. The van der Waals surface area contributed by atoms with E-state index in [2.05, 4.69) is 81.6 Å². The molecule has 1 aliphatic rings. The summed E-state index contributed by atoms with van der Waals surface area (Å²) in [4.78, 5) is 6.32. The first-order valence-corrected chi connectivity index (χ1v) is 10.4. The lowest BCUT2D eigenvalue weighted by Crippen LogP contribution is -2.24. The summed E-state index contributed by atoms with van der Waals surface area (Å²) in [6.07, 6.45) is 2.27. The predicted octanol–water partition coefficient (Wildman–Crippen LogP) is 7.32. The Labute approximate surface area is 160 Å². The Balaban J connectivity index is 1.91. The van der Waals surface area contributed by atoms with E-state index >= 15 is 0 Å². The maximum Gasteiger partial charge on any atom is 0.101 e. The molecule has 0 atom stereocenters. The van der Waals surface area contributed by atoms with Crippen LogP contribution in [-0.4, -0.2) is 9.79 Å². The first-order chi connectivity index (χ1) is 11.9. The zero-order valence-corrected chi connectivity index (χ0v) is 17.0. The summed E-state index contributed by atoms with van der Waals surface area (Å²) in [6, 6.07) is 17.0. The summed E-state index contributed by atoms with van der Waals surface area (Å²) in [7, 11) is 0. The summed E-state index contributed by atoms with van der Waals surface area (Å²) < 4.78 is 0.242. The lowest BCUT2D eigenvalue weighted by molar-refractivity contribution is 0.640. The van der Waals surface area contributed by atoms with Crippen LogP contribution in [0.15, 0.2) is 69.4 Å². The number of rotatable bonds is 3. The van der Waals surface area contributed by atoms with Crippen LogP contribution in [0.1, 0.15) is 37.8 Å². The minimum absolute atomic E-state index is 0.242. The molecule has 0 bridgehead atoms. The third-order valence-electron chi connectivity index (χ3n) is 4.30. The van der Waals surface area contributed by atoms with Crippen molar-refractivity contribution in [3.63, 3.8) is 0 Å². The minimum Gasteiger partial charge on any atom is -0.242 e. The van der Waals surface area contributed by atoms with Gasteiger partial charge in [0, 0.05) is 9.64 Å². The van der Waals surface area contributed by atoms with Crippen molar-refractivity contribution >= 4 is 34.3 Å². The molecule has 0 amide bonds. The van der Waals surface area contributed by atoms with Crippen LogP contribution >= 0.6 is 23.5 Å². The van der Waals surface area contributed by atoms with Crippen LogP contribution < -0.4 is 0 Å². The Hall–Kier alpha value is -1.45. The molecule has 25 heavy (non-hydrogen) atoms. The Kier molecular flexibility index (Phi) is 5.75. The molecular formula is C22H25NS2. The van der Waals surface area contributed by atoms with E-state index in [1.165, 1.54) is 33.1 Å². The second-order valence-electron chi connectivity index (χ2n) is 7.14. The molecule has 1 fully saturated rings. The van der Waals surface area contributed by atoms with Crippen molar-refractivity contribution in [2.75, 3.05) is 0 Å². The van der Waals surface area contributed by atoms with E-state index in [9.17, 15) is 0 Å². The van der Waals surface area contributed by atoms with Crippen LogP contribution in [0.5, 0.6) is 0 Å². The normalized spacial score (nSPS) is 20.2. The zero-order valence-electron chi connectivity index (χ0n) is 15.4. The van der Waals surface area contributed by atoms with Gasteiger partial charge in [-0.15, -0.1) is 0 Å². The molecule has 0 saturated carbocycles. The number of thioether (sulfide) groups is 2. The van der Waals surface area contributed by atoms with Crippen LogP contribution in [0.3, 0.4) is 0 Å². The van der Waals surface area contributed by atoms with Gasteiger partial charge in [0.1, 0.15) is 5.04 Å². The third kappa shape index (κ3) is 5.02. The average molecular weight is 368 g/mol. The average Bonchev–Trinajstić information content (AvgIpc) is 2.57. The number of aliphatic imine (C=N–C) groups is 1. The predicted molar refractivity (Wildman–Crippen MR) is 114 cm³/mol. The number of benzene rings is 2. The fraction of sp³-hybridized carbons (Fsp3) is 0.318. The molecule has 0 unspecified atom stereocenters. The second kappa shape index (κ2) is 7.84. The summed E-state index contributed by atoms with van der Waals surface area (Å²) in [5, 5.41) is 3.46. The summed E-state index contributed by atoms with van der Waals surface area (Å²) >= 11 is 3.70. The molecule has 3 rings (SSSR count). The molecule has 0 aliphatic carbocycles. The fourth-order valence-corrected chi connectivity index (χ4v) is 4.86. The van der Waals surface area contributed by atoms with E-state index in [1.54, 1.807) is 11.8 Å². The van der Waals surface area contributed by atoms with Crippen molar-refractivity contribution < 1.29 is 0 Å². The topological polar surface area (TPSA) is 12.4 Å². The lowest BCUT2D eigenvalue weighted by atomic mass is 10.0. The highest BCUT2D eigenvalue weighted by Gasteiger charge is 2.29. The third-order valence-corrected chi connectivity index (χ3v) is 6.55. The van der Waals surface area contributed by atoms with E-state index in [-0.39, 0.29) is 4.75 Å². The van der Waals surface area contributed by atoms with Crippen LogP contribution in [0.4, 0.5) is 5.69 Å². The fourth-order valence-electron chi connectivity index (χ4n) is 2.80. The number of hydrogen-bond donors (Lipinski definition) is 0. The molecular weight excluding hydrogens is 342 g/mol. The van der Waals surface area contributed by atoms with Crippen molar-refractivity contribution in [1.82, 2.24) is 0 Å². The first-order valence-electron chi connectivity index (χ1n) is 8.69. The van der Waals surface area contributed by atoms with Gasteiger partial charge in [-0.05, 0) is 61.4 Å². The molecule has 2 aromatic rings. The van der Waals surface area contributed by atoms with E-state index in [0.717, 1.165) is 12.1 Å². The molecule has 1 heterocycles. The van der Waals surface area contributed by atoms with Crippen LogP contribution in [0.2, 0.25) is 0 Å². The van der Waals surface area contributed by atoms with Crippen molar-refractivity contribution in [2.24, 2.45) is 4.99 Å². The van der Waals surface area contributed by atoms with Crippen LogP contribution in [-0.2, 0) is 0 Å². The molecule has 0 radical (unpaired) electrons. The largest absolute Gasteiger partial charge is 0.242 e. The number of aryl methyl sites for hydroxylation is 2. The molecule has 130 valence electrons. The molecule has 0 spiro atoms. The van der Waals surface area contributed by atoms with Crippen LogP contribution in [0, 0.1) is 13.8 Å². The Morgan fingerprint density at radius 1 is 1.08 bits per heavy atom. The van der Waals surface area contributed by atoms with Crippen LogP contribution in [0.25, 0.3) is 0 Å². The number of hydrogen-bond acceptors (Lipinski definition) is 3. The summed E-state index contributed by atoms with van der Waals surface area (Å²) in [6.45, 7) is 8.91. The van der Waals surface area contributed by atoms with E-state index in [1.807, 2.05) is 11.8 Å². The Bertz CT molecular complexity index is 804. The van der Waals surface area contributed by atoms with Gasteiger partial charge in [0.25, 0.3) is 0 Å². The zero-order chi connectivity index (χ0) is 17.9. The van der Waals surface area contributed by atoms with Gasteiger partial charge in [-0.25, -0.2) is 4.99 Å². The molecule has 1 nitrogen and oxygen atoms in total. The Morgan fingerprint density at radius 3 is 2.56 bits per heavy atom. The van der Waals surface area contributed by atoms with Crippen molar-refractivity contribution in [3.05, 3.63) is 70.6 Å². The van der Waals surface area contributed by atoms with E-state index in [0.29, 0.717) is 0 Å². The SMILES string of the molecule is Cc1ccc(N=C2SC(C)(C)CC/C2=C/Sc2ccccc2)c(C)c1. The minimum atomic E-state index is 0.242. The lowest BCUT2D eigenvalue weighted by Gasteiger charge is -2.31. The quantitative estimate of drug-likeness (QED) is 0.527. The highest BCUT2D eigenvalue weighted by atomic mass is 32.2. The standard InChI is InChI=1S/C22H25NS2/c1-16-10-11-20(17(2)14-16)23-21-18(12-13-22(3,4)25-21)15-24-19-8-6-5-7-9-19/h5-11,14-15H,12-13H2,1-4H3/b18-15-,23-21?. The molecule has 3 heteroatoms. The maximum absolute atomic E-state index is 5.05.